The number of ether oxygens (including phenoxy) is 1. The molecule has 0 amide bonds. The molecule has 0 aromatic carbocycles. The standard InChI is InChI=1S/C22H23ClF3N7O/c23-17-7-18(28-11-27-17)32-8-13-3-4-14(9-32)19(13)29-21-30-20-16(34-10-22(24,25)26)6-5-15(12-1-2-12)33(20)31-21/h5-7,11-14,19H,1-4,8-10H2,(H,29,31)/t13-,14+,19+. The zero-order valence-corrected chi connectivity index (χ0v) is 18.9. The van der Waals surface area contributed by atoms with Gasteiger partial charge in [0.25, 0.3) is 0 Å². The van der Waals surface area contributed by atoms with Gasteiger partial charge in [0, 0.05) is 36.8 Å². The molecule has 3 aromatic rings. The number of nitrogens with zero attached hydrogens (tertiary/aromatic N) is 6. The highest BCUT2D eigenvalue weighted by atomic mass is 35.5. The van der Waals surface area contributed by atoms with Crippen LogP contribution < -0.4 is 15.0 Å². The number of anilines is 2. The third-order valence-electron chi connectivity index (χ3n) is 6.94. The van der Waals surface area contributed by atoms with Crippen LogP contribution in [0.4, 0.5) is 24.9 Å². The summed E-state index contributed by atoms with van der Waals surface area (Å²) in [7, 11) is 0. The maximum Gasteiger partial charge on any atom is 0.422 e. The van der Waals surface area contributed by atoms with Gasteiger partial charge in [-0.2, -0.15) is 18.2 Å². The fraction of sp³-hybridized carbons (Fsp3) is 0.545. The number of halogens is 4. The Hall–Kier alpha value is -2.82. The van der Waals surface area contributed by atoms with Crippen molar-refractivity contribution in [1.82, 2.24) is 24.6 Å². The van der Waals surface area contributed by atoms with Gasteiger partial charge in [0.05, 0.1) is 0 Å². The Balaban J connectivity index is 1.24. The number of alkyl halides is 3. The van der Waals surface area contributed by atoms with E-state index < -0.39 is 12.8 Å². The van der Waals surface area contributed by atoms with Crippen LogP contribution in [0, 0.1) is 11.8 Å². The van der Waals surface area contributed by atoms with Crippen molar-refractivity contribution in [2.75, 3.05) is 29.9 Å². The summed E-state index contributed by atoms with van der Waals surface area (Å²) in [5.41, 5.74) is 1.27. The molecule has 2 bridgehead atoms. The van der Waals surface area contributed by atoms with Gasteiger partial charge in [0.1, 0.15) is 17.3 Å². The normalized spacial score (nSPS) is 24.6. The Labute approximate surface area is 198 Å². The first-order chi connectivity index (χ1) is 16.3. The second-order valence-electron chi connectivity index (χ2n) is 9.34. The molecule has 0 radical (unpaired) electrons. The molecule has 4 heterocycles. The van der Waals surface area contributed by atoms with Crippen LogP contribution in [-0.2, 0) is 0 Å². The van der Waals surface area contributed by atoms with Crippen LogP contribution in [0.3, 0.4) is 0 Å². The average Bonchev–Trinajstić information content (AvgIpc) is 3.50. The van der Waals surface area contributed by atoms with Crippen LogP contribution in [0.5, 0.6) is 5.75 Å². The SMILES string of the molecule is FC(F)(F)COc1ccc(C2CC2)n2nc(N[C@H]3[C@@H]4CC[C@H]3CN(c3cc(Cl)ncn3)C4)nc12. The Morgan fingerprint density at radius 1 is 1.09 bits per heavy atom. The highest BCUT2D eigenvalue weighted by Crippen LogP contribution is 2.42. The molecule has 34 heavy (non-hydrogen) atoms. The number of hydrogen-bond acceptors (Lipinski definition) is 7. The minimum atomic E-state index is -4.42. The topological polar surface area (TPSA) is 80.5 Å². The van der Waals surface area contributed by atoms with E-state index in [-0.39, 0.29) is 11.8 Å². The highest BCUT2D eigenvalue weighted by molar-refractivity contribution is 6.29. The lowest BCUT2D eigenvalue weighted by Gasteiger charge is -2.38. The lowest BCUT2D eigenvalue weighted by Crippen LogP contribution is -2.48. The Kier molecular flexibility index (Phi) is 5.20. The number of piperidine rings is 1. The molecule has 1 aliphatic heterocycles. The quantitative estimate of drug-likeness (QED) is 0.512. The van der Waals surface area contributed by atoms with Crippen molar-refractivity contribution < 1.29 is 17.9 Å². The number of fused-ring (bicyclic) bond motifs is 3. The maximum absolute atomic E-state index is 12.7. The molecule has 1 N–H and O–H groups in total. The van der Waals surface area contributed by atoms with Crippen LogP contribution in [0.2, 0.25) is 5.15 Å². The summed E-state index contributed by atoms with van der Waals surface area (Å²) in [4.78, 5) is 15.1. The van der Waals surface area contributed by atoms with Crippen LogP contribution >= 0.6 is 11.6 Å². The molecule has 8 nitrogen and oxygen atoms in total. The van der Waals surface area contributed by atoms with Crippen molar-refractivity contribution in [2.24, 2.45) is 11.8 Å². The van der Waals surface area contributed by atoms with Gasteiger partial charge in [0.2, 0.25) is 5.95 Å². The van der Waals surface area contributed by atoms with E-state index in [0.717, 1.165) is 50.3 Å². The Morgan fingerprint density at radius 3 is 2.53 bits per heavy atom. The molecule has 180 valence electrons. The van der Waals surface area contributed by atoms with E-state index in [1.807, 2.05) is 0 Å². The minimum absolute atomic E-state index is 0.0840. The average molecular weight is 494 g/mol. The summed E-state index contributed by atoms with van der Waals surface area (Å²) < 4.78 is 44.9. The van der Waals surface area contributed by atoms with E-state index in [1.54, 1.807) is 22.7 Å². The van der Waals surface area contributed by atoms with E-state index >= 15 is 0 Å². The first kappa shape index (κ1) is 21.7. The van der Waals surface area contributed by atoms with Gasteiger partial charge in [0.15, 0.2) is 18.0 Å². The van der Waals surface area contributed by atoms with Crippen molar-refractivity contribution in [2.45, 2.75) is 43.8 Å². The van der Waals surface area contributed by atoms with Gasteiger partial charge in [-0.15, -0.1) is 5.10 Å². The molecule has 12 heteroatoms. The molecule has 0 unspecified atom stereocenters. The summed E-state index contributed by atoms with van der Waals surface area (Å²) in [6.45, 7) is 0.279. The van der Waals surface area contributed by atoms with Crippen molar-refractivity contribution in [3.63, 3.8) is 0 Å². The van der Waals surface area contributed by atoms with E-state index in [2.05, 4.69) is 30.3 Å². The molecule has 6 rings (SSSR count). The number of aromatic nitrogens is 5. The zero-order valence-electron chi connectivity index (χ0n) is 18.2. The predicted molar refractivity (Wildman–Crippen MR) is 119 cm³/mol. The summed E-state index contributed by atoms with van der Waals surface area (Å²) in [5, 5.41) is 8.55. The molecular weight excluding hydrogens is 471 g/mol. The molecule has 1 saturated heterocycles. The largest absolute Gasteiger partial charge is 0.480 e. The van der Waals surface area contributed by atoms with Crippen LogP contribution in [-0.4, -0.2) is 56.5 Å². The van der Waals surface area contributed by atoms with Crippen molar-refractivity contribution >= 4 is 29.0 Å². The molecule has 3 atom stereocenters. The molecule has 3 aliphatic rings. The van der Waals surface area contributed by atoms with Gasteiger partial charge >= 0.3 is 6.18 Å². The minimum Gasteiger partial charge on any atom is -0.480 e. The smallest absolute Gasteiger partial charge is 0.422 e. The van der Waals surface area contributed by atoms with Crippen molar-refractivity contribution in [3.8, 4) is 5.75 Å². The van der Waals surface area contributed by atoms with Crippen LogP contribution in [0.15, 0.2) is 24.5 Å². The number of rotatable bonds is 6. The zero-order chi connectivity index (χ0) is 23.4. The number of hydrogen-bond donors (Lipinski definition) is 1. The maximum atomic E-state index is 12.7. The van der Waals surface area contributed by atoms with Crippen molar-refractivity contribution in [3.05, 3.63) is 35.4 Å². The fourth-order valence-electron chi connectivity index (χ4n) is 5.27. The number of pyridine rings is 1. The van der Waals surface area contributed by atoms with Gasteiger partial charge in [-0.05, 0) is 49.7 Å². The Morgan fingerprint density at radius 2 is 1.85 bits per heavy atom. The summed E-state index contributed by atoms with van der Waals surface area (Å²) >= 11 is 6.05. The van der Waals surface area contributed by atoms with Gasteiger partial charge in [-0.1, -0.05) is 11.6 Å². The highest BCUT2D eigenvalue weighted by Gasteiger charge is 2.43. The monoisotopic (exact) mass is 493 g/mol. The van der Waals surface area contributed by atoms with E-state index in [9.17, 15) is 13.2 Å². The first-order valence-electron chi connectivity index (χ1n) is 11.4. The third kappa shape index (κ3) is 4.21. The van der Waals surface area contributed by atoms with Crippen LogP contribution in [0.25, 0.3) is 5.65 Å². The van der Waals surface area contributed by atoms with Gasteiger partial charge in [-0.3, -0.25) is 0 Å². The van der Waals surface area contributed by atoms with Gasteiger partial charge in [-0.25, -0.2) is 14.5 Å². The second-order valence-corrected chi connectivity index (χ2v) is 9.73. The van der Waals surface area contributed by atoms with E-state index in [0.29, 0.717) is 34.5 Å². The molecule has 0 spiro atoms. The molecule has 3 aromatic heterocycles. The lowest BCUT2D eigenvalue weighted by atomic mass is 9.92. The lowest BCUT2D eigenvalue weighted by molar-refractivity contribution is -0.153. The van der Waals surface area contributed by atoms with E-state index in [4.69, 9.17) is 16.3 Å². The summed E-state index contributed by atoms with van der Waals surface area (Å²) in [6, 6.07) is 5.32. The third-order valence-corrected chi connectivity index (χ3v) is 7.14. The van der Waals surface area contributed by atoms with E-state index in [1.165, 1.54) is 6.33 Å². The summed E-state index contributed by atoms with van der Waals surface area (Å²) in [6.07, 6.45) is 1.26. The molecular formula is C22H23ClF3N7O. The first-order valence-corrected chi connectivity index (χ1v) is 11.8. The number of nitrogens with one attached hydrogen (secondary N) is 1. The molecule has 3 fully saturated rings. The fourth-order valence-corrected chi connectivity index (χ4v) is 5.41. The Bertz CT molecular complexity index is 1200. The predicted octanol–water partition coefficient (Wildman–Crippen LogP) is 4.32. The van der Waals surface area contributed by atoms with Crippen LogP contribution in [0.1, 0.15) is 37.3 Å². The van der Waals surface area contributed by atoms with Crippen molar-refractivity contribution in [1.29, 1.82) is 0 Å². The van der Waals surface area contributed by atoms with Gasteiger partial charge < -0.3 is 15.0 Å². The molecule has 2 aliphatic carbocycles. The summed E-state index contributed by atoms with van der Waals surface area (Å²) in [5.74, 6) is 2.41. The second kappa shape index (κ2) is 8.14. The molecule has 2 saturated carbocycles.